The van der Waals surface area contributed by atoms with E-state index in [-0.39, 0.29) is 18.6 Å². The molecule has 3 aromatic carbocycles. The van der Waals surface area contributed by atoms with Gasteiger partial charge in [-0.3, -0.25) is 4.90 Å². The van der Waals surface area contributed by atoms with E-state index in [9.17, 15) is 4.79 Å². The molecule has 0 spiro atoms. The lowest BCUT2D eigenvalue weighted by molar-refractivity contribution is 0.255. The molecule has 5 N–H and O–H groups in total. The van der Waals surface area contributed by atoms with Crippen LogP contribution in [0.4, 0.5) is 21.9 Å². The fourth-order valence-corrected chi connectivity index (χ4v) is 4.54. The molecule has 0 radical (unpaired) electrons. The SMILES string of the molecule is CCc1ccc(N(C(=O)Nc2c(CC)c(N)cc(Cl)c2CC)C(CN)c2ccccc2)cc1. The lowest BCUT2D eigenvalue weighted by atomic mass is 10.0. The molecule has 3 rings (SSSR count). The van der Waals surface area contributed by atoms with Crippen LogP contribution in [0.15, 0.2) is 60.7 Å². The molecule has 1 atom stereocenters. The summed E-state index contributed by atoms with van der Waals surface area (Å²) < 4.78 is 0. The Kier molecular flexibility index (Phi) is 8.37. The number of halogens is 1. The monoisotopic (exact) mass is 464 g/mol. The number of hydrogen-bond donors (Lipinski definition) is 3. The molecule has 0 aliphatic carbocycles. The first-order chi connectivity index (χ1) is 15.9. The highest BCUT2D eigenvalue weighted by molar-refractivity contribution is 6.32. The first-order valence-electron chi connectivity index (χ1n) is 11.5. The largest absolute Gasteiger partial charge is 0.398 e. The maximum absolute atomic E-state index is 13.9. The number of carbonyl (C=O) groups is 1. The van der Waals surface area contributed by atoms with Crippen molar-refractivity contribution in [1.82, 2.24) is 0 Å². The summed E-state index contributed by atoms with van der Waals surface area (Å²) in [4.78, 5) is 15.6. The van der Waals surface area contributed by atoms with E-state index in [1.165, 1.54) is 5.56 Å². The summed E-state index contributed by atoms with van der Waals surface area (Å²) in [5.74, 6) is 0. The van der Waals surface area contributed by atoms with E-state index in [2.05, 4.69) is 12.2 Å². The van der Waals surface area contributed by atoms with Crippen LogP contribution in [0.3, 0.4) is 0 Å². The van der Waals surface area contributed by atoms with Crippen LogP contribution < -0.4 is 21.7 Å². The number of amides is 2. The van der Waals surface area contributed by atoms with Gasteiger partial charge >= 0.3 is 6.03 Å². The van der Waals surface area contributed by atoms with Gasteiger partial charge in [0.25, 0.3) is 0 Å². The number of carbonyl (C=O) groups excluding carboxylic acids is 1. The van der Waals surface area contributed by atoms with Gasteiger partial charge in [-0.25, -0.2) is 4.79 Å². The Labute approximate surface area is 201 Å². The molecule has 0 heterocycles. The molecular weight excluding hydrogens is 432 g/mol. The van der Waals surface area contributed by atoms with Crippen LogP contribution in [0.2, 0.25) is 5.02 Å². The van der Waals surface area contributed by atoms with Crippen LogP contribution in [-0.4, -0.2) is 12.6 Å². The van der Waals surface area contributed by atoms with Crippen LogP contribution in [-0.2, 0) is 19.3 Å². The van der Waals surface area contributed by atoms with Gasteiger partial charge in [0.2, 0.25) is 0 Å². The summed E-state index contributed by atoms with van der Waals surface area (Å²) in [6.45, 7) is 6.41. The van der Waals surface area contributed by atoms with E-state index in [0.717, 1.165) is 28.8 Å². The highest BCUT2D eigenvalue weighted by Gasteiger charge is 2.27. The molecule has 3 aromatic rings. The highest BCUT2D eigenvalue weighted by Crippen LogP contribution is 2.35. The number of aryl methyl sites for hydroxylation is 1. The van der Waals surface area contributed by atoms with Crippen molar-refractivity contribution < 1.29 is 4.79 Å². The summed E-state index contributed by atoms with van der Waals surface area (Å²) in [6, 6.07) is 19.0. The highest BCUT2D eigenvalue weighted by atomic mass is 35.5. The van der Waals surface area contributed by atoms with E-state index in [1.54, 1.807) is 11.0 Å². The number of anilines is 3. The summed E-state index contributed by atoms with van der Waals surface area (Å²) in [5.41, 5.74) is 18.5. The Morgan fingerprint density at radius 3 is 2.15 bits per heavy atom. The zero-order valence-corrected chi connectivity index (χ0v) is 20.3. The van der Waals surface area contributed by atoms with Crippen molar-refractivity contribution in [2.45, 2.75) is 46.1 Å². The Hall–Kier alpha value is -3.02. The second-order valence-electron chi connectivity index (χ2n) is 7.97. The second kappa shape index (κ2) is 11.2. The molecule has 174 valence electrons. The minimum Gasteiger partial charge on any atom is -0.398 e. The molecule has 0 saturated carbocycles. The lowest BCUT2D eigenvalue weighted by Gasteiger charge is -2.32. The Morgan fingerprint density at radius 1 is 0.970 bits per heavy atom. The van der Waals surface area contributed by atoms with Gasteiger partial charge in [0.15, 0.2) is 0 Å². The normalized spacial score (nSPS) is 11.8. The van der Waals surface area contributed by atoms with Crippen molar-refractivity contribution in [2.75, 3.05) is 22.5 Å². The topological polar surface area (TPSA) is 84.4 Å². The molecule has 0 aliphatic heterocycles. The van der Waals surface area contributed by atoms with Gasteiger partial charge in [0.1, 0.15) is 0 Å². The maximum atomic E-state index is 13.9. The van der Waals surface area contributed by atoms with Crippen molar-refractivity contribution in [3.8, 4) is 0 Å². The zero-order valence-electron chi connectivity index (χ0n) is 19.6. The molecule has 0 aromatic heterocycles. The number of hydrogen-bond acceptors (Lipinski definition) is 3. The zero-order chi connectivity index (χ0) is 24.0. The molecular formula is C27H33ClN4O. The summed E-state index contributed by atoms with van der Waals surface area (Å²) >= 11 is 6.50. The van der Waals surface area contributed by atoms with Gasteiger partial charge in [-0.2, -0.15) is 0 Å². The van der Waals surface area contributed by atoms with Gasteiger partial charge in [-0.15, -0.1) is 0 Å². The maximum Gasteiger partial charge on any atom is 0.326 e. The predicted molar refractivity (Wildman–Crippen MR) is 140 cm³/mol. The minimum atomic E-state index is -0.342. The lowest BCUT2D eigenvalue weighted by Crippen LogP contribution is -2.41. The first kappa shape index (κ1) is 24.6. The van der Waals surface area contributed by atoms with Crippen LogP contribution >= 0.6 is 11.6 Å². The number of rotatable bonds is 8. The van der Waals surface area contributed by atoms with Crippen LogP contribution in [0.25, 0.3) is 0 Å². The third-order valence-electron chi connectivity index (χ3n) is 6.02. The fraction of sp³-hybridized carbons (Fsp3) is 0.296. The molecule has 1 unspecified atom stereocenters. The number of urea groups is 1. The quantitative estimate of drug-likeness (QED) is 0.339. The Bertz CT molecular complexity index is 1060. The van der Waals surface area contributed by atoms with E-state index in [1.807, 2.05) is 68.4 Å². The van der Waals surface area contributed by atoms with Crippen molar-refractivity contribution in [3.63, 3.8) is 0 Å². The predicted octanol–water partition coefficient (Wildman–Crippen LogP) is 6.35. The molecule has 0 bridgehead atoms. The average Bonchev–Trinajstić information content (AvgIpc) is 2.83. The summed E-state index contributed by atoms with van der Waals surface area (Å²) in [7, 11) is 0. The third-order valence-corrected chi connectivity index (χ3v) is 6.36. The number of nitrogens with zero attached hydrogens (tertiary/aromatic N) is 1. The molecule has 6 heteroatoms. The molecule has 0 fully saturated rings. The van der Waals surface area contributed by atoms with Crippen LogP contribution in [0.5, 0.6) is 0 Å². The molecule has 33 heavy (non-hydrogen) atoms. The molecule has 0 aliphatic rings. The van der Waals surface area contributed by atoms with Crippen molar-refractivity contribution in [2.24, 2.45) is 5.73 Å². The molecule has 0 saturated heterocycles. The number of nitrogen functional groups attached to an aromatic ring is 1. The van der Waals surface area contributed by atoms with E-state index < -0.39 is 0 Å². The Morgan fingerprint density at radius 2 is 1.61 bits per heavy atom. The van der Waals surface area contributed by atoms with E-state index >= 15 is 0 Å². The van der Waals surface area contributed by atoms with Gasteiger partial charge in [0, 0.05) is 22.9 Å². The first-order valence-corrected chi connectivity index (χ1v) is 11.9. The second-order valence-corrected chi connectivity index (χ2v) is 8.38. The fourth-order valence-electron chi connectivity index (χ4n) is 4.20. The number of benzene rings is 3. The Balaban J connectivity index is 2.10. The summed E-state index contributed by atoms with van der Waals surface area (Å²) in [5, 5.41) is 3.70. The average molecular weight is 465 g/mol. The van der Waals surface area contributed by atoms with Gasteiger partial charge < -0.3 is 16.8 Å². The molecule has 5 nitrogen and oxygen atoms in total. The van der Waals surface area contributed by atoms with Crippen LogP contribution in [0, 0.1) is 0 Å². The minimum absolute atomic E-state index is 0.270. The van der Waals surface area contributed by atoms with Crippen molar-refractivity contribution in [3.05, 3.63) is 87.9 Å². The molecule has 2 amide bonds. The number of nitrogens with two attached hydrogens (primary N) is 2. The third kappa shape index (κ3) is 5.32. The standard InChI is InChI=1S/C27H33ClN4O/c1-4-18-12-14-20(15-13-18)32(25(17-29)19-10-8-7-9-11-19)27(33)31-26-21(5-2)23(28)16-24(30)22(26)6-3/h7-16,25H,4-6,17,29-30H2,1-3H3,(H,31,33). The van der Waals surface area contributed by atoms with E-state index in [4.69, 9.17) is 23.1 Å². The van der Waals surface area contributed by atoms with Gasteiger partial charge in [0.05, 0.1) is 11.7 Å². The van der Waals surface area contributed by atoms with Crippen LogP contribution in [0.1, 0.15) is 49.1 Å². The van der Waals surface area contributed by atoms with Crippen molar-refractivity contribution in [1.29, 1.82) is 0 Å². The number of nitrogens with one attached hydrogen (secondary N) is 1. The summed E-state index contributed by atoms with van der Waals surface area (Å²) in [6.07, 6.45) is 2.27. The van der Waals surface area contributed by atoms with Crippen molar-refractivity contribution >= 4 is 34.7 Å². The van der Waals surface area contributed by atoms with E-state index in [0.29, 0.717) is 29.2 Å². The smallest absolute Gasteiger partial charge is 0.326 e. The van der Waals surface area contributed by atoms with Gasteiger partial charge in [-0.05, 0) is 59.7 Å². The van der Waals surface area contributed by atoms with Gasteiger partial charge in [-0.1, -0.05) is 74.8 Å².